The van der Waals surface area contributed by atoms with Crippen LogP contribution in [0.5, 0.6) is 0 Å². The molecular formula is C34H45BF2N4O5. The number of ether oxygens (including phenoxy) is 1. The van der Waals surface area contributed by atoms with E-state index >= 15 is 0 Å². The molecule has 0 aromatic heterocycles. The normalized spacial score (nSPS) is 32.1. The van der Waals surface area contributed by atoms with Crippen molar-refractivity contribution in [2.24, 2.45) is 17.3 Å². The summed E-state index contributed by atoms with van der Waals surface area (Å²) in [7, 11) is -0.634. The van der Waals surface area contributed by atoms with Crippen LogP contribution in [0.25, 0.3) is 4.85 Å². The van der Waals surface area contributed by atoms with Gasteiger partial charge in [0, 0.05) is 25.0 Å². The smallest absolute Gasteiger partial charge is 0.447 e. The number of carbonyl (C=O) groups excluding carboxylic acids is 2. The molecule has 12 heteroatoms. The lowest BCUT2D eigenvalue weighted by Crippen LogP contribution is -2.65. The second-order valence-electron chi connectivity index (χ2n) is 15.1. The van der Waals surface area contributed by atoms with E-state index in [1.807, 2.05) is 30.3 Å². The predicted octanol–water partition coefficient (Wildman–Crippen LogP) is 5.12. The van der Waals surface area contributed by atoms with Gasteiger partial charge in [-0.15, -0.1) is 0 Å². The highest BCUT2D eigenvalue weighted by molar-refractivity contribution is 6.47. The number of amides is 2. The van der Waals surface area contributed by atoms with Crippen LogP contribution in [0, 0.1) is 23.8 Å². The first kappa shape index (κ1) is 32.9. The first-order chi connectivity index (χ1) is 21.6. The van der Waals surface area contributed by atoms with E-state index in [9.17, 15) is 18.4 Å². The van der Waals surface area contributed by atoms with Crippen molar-refractivity contribution in [2.45, 2.75) is 102 Å². The zero-order valence-corrected chi connectivity index (χ0v) is 27.4. The van der Waals surface area contributed by atoms with Crippen molar-refractivity contribution in [3.05, 3.63) is 59.1 Å². The minimum absolute atomic E-state index is 0.0310. The summed E-state index contributed by atoms with van der Waals surface area (Å²) < 4.78 is 46.5. The fraction of sp³-hybridized carbons (Fsp3) is 0.676. The summed E-state index contributed by atoms with van der Waals surface area (Å²) in [6.45, 7) is 18.0. The highest BCUT2D eigenvalue weighted by Crippen LogP contribution is 2.65. The van der Waals surface area contributed by atoms with Crippen molar-refractivity contribution in [2.75, 3.05) is 26.2 Å². The minimum Gasteiger partial charge on any atom is -0.447 e. The van der Waals surface area contributed by atoms with Gasteiger partial charge >= 0.3 is 13.2 Å². The maximum Gasteiger partial charge on any atom is 0.482 e. The molecule has 1 N–H and O–H groups in total. The summed E-state index contributed by atoms with van der Waals surface area (Å²) in [6.07, 6.45) is 3.74. The molecule has 9 nitrogen and oxygen atoms in total. The third kappa shape index (κ3) is 6.06. The lowest BCUT2D eigenvalue weighted by molar-refractivity contribution is -0.199. The van der Waals surface area contributed by atoms with Gasteiger partial charge in [0.15, 0.2) is 0 Å². The van der Waals surface area contributed by atoms with E-state index < -0.39 is 48.7 Å². The van der Waals surface area contributed by atoms with Gasteiger partial charge in [-0.3, -0.25) is 9.69 Å². The third-order valence-electron chi connectivity index (χ3n) is 11.5. The molecule has 3 saturated heterocycles. The van der Waals surface area contributed by atoms with Crippen LogP contribution in [-0.2, 0) is 25.3 Å². The van der Waals surface area contributed by atoms with E-state index in [0.29, 0.717) is 31.2 Å². The van der Waals surface area contributed by atoms with Crippen molar-refractivity contribution in [1.29, 1.82) is 0 Å². The van der Waals surface area contributed by atoms with Crippen LogP contribution in [-0.4, -0.2) is 90.3 Å². The third-order valence-corrected chi connectivity index (χ3v) is 11.5. The molecule has 2 amide bonds. The van der Waals surface area contributed by atoms with E-state index in [0.717, 1.165) is 18.4 Å². The summed E-state index contributed by atoms with van der Waals surface area (Å²) in [6, 6.07) is 9.47. The van der Waals surface area contributed by atoms with Gasteiger partial charge in [-0.2, -0.15) is 0 Å². The van der Waals surface area contributed by atoms with Gasteiger partial charge in [-0.05, 0) is 69.3 Å². The fourth-order valence-electron chi connectivity index (χ4n) is 8.34. The molecule has 6 fully saturated rings. The minimum atomic E-state index is -2.78. The molecule has 1 aromatic rings. The number of carbonyl (C=O) groups is 2. The standard InChI is InChI=1S/C34H45BF2N4O5/c1-31(2,40-15-13-34(36,37)21-40)19-25(38-6)29(42)41-14-12-24(41)20-44-30(43)39-28(16-22-10-8-7-9-11-22)35-45-27-18-23-17-26(32(23,3)4)33(27,5)46-35/h7-11,19,23-24,26-28H,12-18,20-21H2,1-5H3,(H,39,43)/t23-,24+,26-,27+,28-,33-/m0/s1. The lowest BCUT2D eigenvalue weighted by atomic mass is 9.43. The van der Waals surface area contributed by atoms with E-state index in [-0.39, 0.29) is 42.8 Å². The average Bonchev–Trinajstić information content (AvgIpc) is 3.54. The summed E-state index contributed by atoms with van der Waals surface area (Å²) in [5.74, 6) is -2.77. The van der Waals surface area contributed by atoms with Gasteiger partial charge in [0.1, 0.15) is 6.61 Å². The number of halogens is 2. The first-order valence-corrected chi connectivity index (χ1v) is 16.5. The van der Waals surface area contributed by atoms with Gasteiger partial charge in [-0.25, -0.2) is 18.4 Å². The number of rotatable bonds is 9. The molecule has 3 saturated carbocycles. The van der Waals surface area contributed by atoms with E-state index in [1.54, 1.807) is 18.7 Å². The Kier molecular flexibility index (Phi) is 8.52. The van der Waals surface area contributed by atoms with Crippen molar-refractivity contribution in [3.8, 4) is 0 Å². The number of nitrogens with zero attached hydrogens (tertiary/aromatic N) is 3. The highest BCUT2D eigenvalue weighted by atomic mass is 19.3. The molecule has 3 aliphatic heterocycles. The summed E-state index contributed by atoms with van der Waals surface area (Å²) in [5, 5.41) is 2.99. The molecule has 2 bridgehead atoms. The Morgan fingerprint density at radius 1 is 1.22 bits per heavy atom. The monoisotopic (exact) mass is 638 g/mol. The maximum atomic E-state index is 13.8. The van der Waals surface area contributed by atoms with Crippen LogP contribution in [0.2, 0.25) is 0 Å². The molecular weight excluding hydrogens is 593 g/mol. The molecule has 0 unspecified atom stereocenters. The Labute approximate surface area is 270 Å². The van der Waals surface area contributed by atoms with Crippen molar-refractivity contribution in [1.82, 2.24) is 15.1 Å². The zero-order chi connectivity index (χ0) is 33.1. The van der Waals surface area contributed by atoms with Crippen LogP contribution in [0.4, 0.5) is 13.6 Å². The second kappa shape index (κ2) is 11.9. The molecule has 6 aliphatic rings. The molecule has 6 atom stereocenters. The molecule has 3 aliphatic carbocycles. The van der Waals surface area contributed by atoms with Gasteiger partial charge in [0.05, 0.1) is 36.8 Å². The topological polar surface area (TPSA) is 84.7 Å². The number of nitrogens with one attached hydrogen (secondary N) is 1. The van der Waals surface area contributed by atoms with Gasteiger partial charge in [0.25, 0.3) is 11.8 Å². The Morgan fingerprint density at radius 2 is 1.96 bits per heavy atom. The summed E-state index contributed by atoms with van der Waals surface area (Å²) in [4.78, 5) is 33.0. The van der Waals surface area contributed by atoms with Gasteiger partial charge in [0.2, 0.25) is 5.70 Å². The molecule has 1 aromatic carbocycles. The first-order valence-electron chi connectivity index (χ1n) is 16.5. The maximum absolute atomic E-state index is 13.8. The van der Waals surface area contributed by atoms with Crippen molar-refractivity contribution in [3.63, 3.8) is 0 Å². The number of hydrogen-bond acceptors (Lipinski definition) is 6. The quantitative estimate of drug-likeness (QED) is 0.230. The molecule has 7 rings (SSSR count). The largest absolute Gasteiger partial charge is 0.482 e. The second-order valence-corrected chi connectivity index (χ2v) is 15.1. The summed E-state index contributed by atoms with van der Waals surface area (Å²) in [5.41, 5.74) is -0.218. The summed E-state index contributed by atoms with van der Waals surface area (Å²) >= 11 is 0. The van der Waals surface area contributed by atoms with Crippen LogP contribution < -0.4 is 5.32 Å². The molecule has 3 heterocycles. The van der Waals surface area contributed by atoms with E-state index in [1.165, 1.54) is 11.0 Å². The van der Waals surface area contributed by atoms with Crippen molar-refractivity contribution < 1.29 is 32.4 Å². The van der Waals surface area contributed by atoms with Crippen molar-refractivity contribution >= 4 is 19.1 Å². The number of alkyl halides is 2. The van der Waals surface area contributed by atoms with Gasteiger partial charge in [-0.1, -0.05) is 50.3 Å². The van der Waals surface area contributed by atoms with Crippen LogP contribution in [0.15, 0.2) is 42.1 Å². The lowest BCUT2D eigenvalue weighted by Gasteiger charge is -2.64. The average molecular weight is 639 g/mol. The van der Waals surface area contributed by atoms with E-state index in [2.05, 4.69) is 30.9 Å². The molecule has 0 spiro atoms. The molecule has 46 heavy (non-hydrogen) atoms. The number of alkyl carbamates (subject to hydrolysis) is 1. The molecule has 0 radical (unpaired) electrons. The Bertz CT molecular complexity index is 1420. The van der Waals surface area contributed by atoms with E-state index in [4.69, 9.17) is 20.6 Å². The Hall–Kier alpha value is -3.01. The highest BCUT2D eigenvalue weighted by Gasteiger charge is 2.68. The predicted molar refractivity (Wildman–Crippen MR) is 169 cm³/mol. The molecule has 248 valence electrons. The number of hydrogen-bond donors (Lipinski definition) is 1. The van der Waals surface area contributed by atoms with Crippen LogP contribution >= 0.6 is 0 Å². The SMILES string of the molecule is [C-]#[N+]C(=CC(C)(C)N1CCC(F)(F)C1)C(=O)N1CC[C@@H]1COC(=O)N[C@@H](Cc1ccccc1)B1O[C@@H]2C[C@@H]3C[C@@H](C3(C)C)[C@]2(C)O1. The number of likely N-dealkylation sites (tertiary alicyclic amines) is 2. The van der Waals surface area contributed by atoms with Gasteiger partial charge < -0.3 is 24.3 Å². The van der Waals surface area contributed by atoms with Crippen LogP contribution in [0.3, 0.4) is 0 Å². The Balaban J connectivity index is 1.08. The number of benzene rings is 1. The zero-order valence-electron chi connectivity index (χ0n) is 27.4. The Morgan fingerprint density at radius 3 is 2.57 bits per heavy atom. The van der Waals surface area contributed by atoms with Crippen LogP contribution in [0.1, 0.15) is 65.9 Å². The fourth-order valence-corrected chi connectivity index (χ4v) is 8.34.